The molecule has 0 spiro atoms. The molecule has 0 heterocycles. The molecule has 0 aliphatic rings. The summed E-state index contributed by atoms with van der Waals surface area (Å²) in [5, 5.41) is 5.72. The third-order valence-corrected chi connectivity index (χ3v) is 4.53. The first kappa shape index (κ1) is 22.2. The van der Waals surface area contributed by atoms with Gasteiger partial charge in [-0.15, -0.1) is 0 Å². The second-order valence-electron chi connectivity index (χ2n) is 6.73. The van der Waals surface area contributed by atoms with Gasteiger partial charge in [0.25, 0.3) is 0 Å². The molecule has 6 nitrogen and oxygen atoms in total. The molecule has 6 heteroatoms. The number of methoxy groups -OCH3 is 1. The molecule has 2 aromatic rings. The molecular formula is C23H29N3O3. The van der Waals surface area contributed by atoms with E-state index >= 15 is 0 Å². The summed E-state index contributed by atoms with van der Waals surface area (Å²) in [6.45, 7) is 1.86. The molecule has 0 fully saturated rings. The Bertz CT molecular complexity index is 804. The molecule has 2 atom stereocenters. The van der Waals surface area contributed by atoms with Crippen molar-refractivity contribution in [1.82, 2.24) is 5.32 Å². The number of nitrogens with two attached hydrogens (primary N) is 1. The second-order valence-corrected chi connectivity index (χ2v) is 6.73. The van der Waals surface area contributed by atoms with Crippen molar-refractivity contribution < 1.29 is 14.3 Å². The number of anilines is 1. The molecule has 2 amide bonds. The standard InChI is InChI=1S/C23H29N3O3/c1-3-21(24)23(28)26-19(10-9-17-7-5-4-6-8-17)13-16-22(27)25-18-11-14-20(29-2)15-12-18/h4-8,11-16,19,21H,3,9-10,24H2,1-2H3,(H,25,27)(H,26,28)/b16-13+/t19-,21-/m0/s1. The van der Waals surface area contributed by atoms with Gasteiger partial charge in [-0.2, -0.15) is 0 Å². The highest BCUT2D eigenvalue weighted by atomic mass is 16.5. The fraction of sp³-hybridized carbons (Fsp3) is 0.304. The first-order valence-corrected chi connectivity index (χ1v) is 9.75. The number of nitrogens with one attached hydrogen (secondary N) is 2. The minimum atomic E-state index is -0.559. The van der Waals surface area contributed by atoms with Crippen LogP contribution in [0, 0.1) is 0 Å². The molecule has 0 saturated heterocycles. The van der Waals surface area contributed by atoms with Gasteiger partial charge in [0.15, 0.2) is 0 Å². The fourth-order valence-electron chi connectivity index (χ4n) is 2.72. The molecule has 0 radical (unpaired) electrons. The number of amides is 2. The maximum atomic E-state index is 12.3. The lowest BCUT2D eigenvalue weighted by Gasteiger charge is -2.18. The Balaban J connectivity index is 1.99. The Morgan fingerprint density at radius 3 is 2.41 bits per heavy atom. The molecule has 2 rings (SSSR count). The largest absolute Gasteiger partial charge is 0.497 e. The number of carbonyl (C=O) groups is 2. The van der Waals surface area contributed by atoms with Gasteiger partial charge in [-0.3, -0.25) is 9.59 Å². The normalized spacial score (nSPS) is 12.9. The predicted molar refractivity (Wildman–Crippen MR) is 116 cm³/mol. The van der Waals surface area contributed by atoms with Crippen molar-refractivity contribution in [3.8, 4) is 5.75 Å². The summed E-state index contributed by atoms with van der Waals surface area (Å²) in [7, 11) is 1.59. The molecule has 4 N–H and O–H groups in total. The molecule has 0 unspecified atom stereocenters. The molecule has 0 bridgehead atoms. The average molecular weight is 396 g/mol. The first-order chi connectivity index (χ1) is 14.0. The molecule has 29 heavy (non-hydrogen) atoms. The number of hydrogen-bond donors (Lipinski definition) is 3. The van der Waals surface area contributed by atoms with Crippen molar-refractivity contribution >= 4 is 17.5 Å². The zero-order valence-corrected chi connectivity index (χ0v) is 16.9. The van der Waals surface area contributed by atoms with Crippen molar-refractivity contribution in [3.05, 3.63) is 72.3 Å². The van der Waals surface area contributed by atoms with Crippen LogP contribution in [0.15, 0.2) is 66.7 Å². The lowest BCUT2D eigenvalue weighted by atomic mass is 10.0. The van der Waals surface area contributed by atoms with Crippen molar-refractivity contribution in [2.75, 3.05) is 12.4 Å². The average Bonchev–Trinajstić information content (AvgIpc) is 2.76. The number of ether oxygens (including phenoxy) is 1. The van der Waals surface area contributed by atoms with E-state index in [1.54, 1.807) is 37.5 Å². The lowest BCUT2D eigenvalue weighted by Crippen LogP contribution is -2.44. The van der Waals surface area contributed by atoms with E-state index in [9.17, 15) is 9.59 Å². The highest BCUT2D eigenvalue weighted by molar-refractivity contribution is 5.99. The molecule has 0 saturated carbocycles. The Labute approximate surface area is 172 Å². The quantitative estimate of drug-likeness (QED) is 0.539. The summed E-state index contributed by atoms with van der Waals surface area (Å²) in [5.74, 6) is 0.231. The van der Waals surface area contributed by atoms with E-state index in [-0.39, 0.29) is 17.9 Å². The maximum absolute atomic E-state index is 12.3. The van der Waals surface area contributed by atoms with Crippen LogP contribution in [0.3, 0.4) is 0 Å². The van der Waals surface area contributed by atoms with Crippen LogP contribution in [0.4, 0.5) is 5.69 Å². The summed E-state index contributed by atoms with van der Waals surface area (Å²) < 4.78 is 5.10. The van der Waals surface area contributed by atoms with Crippen LogP contribution in [-0.4, -0.2) is 31.0 Å². The minimum Gasteiger partial charge on any atom is -0.497 e. The van der Waals surface area contributed by atoms with Crippen LogP contribution in [0.25, 0.3) is 0 Å². The Morgan fingerprint density at radius 1 is 1.10 bits per heavy atom. The van der Waals surface area contributed by atoms with E-state index in [1.807, 2.05) is 37.3 Å². The van der Waals surface area contributed by atoms with Gasteiger partial charge in [0.05, 0.1) is 13.2 Å². The molecule has 2 aromatic carbocycles. The van der Waals surface area contributed by atoms with Crippen molar-refractivity contribution in [2.24, 2.45) is 5.73 Å². The number of hydrogen-bond acceptors (Lipinski definition) is 4. The van der Waals surface area contributed by atoms with Gasteiger partial charge in [0, 0.05) is 17.8 Å². The first-order valence-electron chi connectivity index (χ1n) is 9.75. The summed E-state index contributed by atoms with van der Waals surface area (Å²) in [4.78, 5) is 24.5. The van der Waals surface area contributed by atoms with E-state index in [0.29, 0.717) is 18.5 Å². The highest BCUT2D eigenvalue weighted by Gasteiger charge is 2.15. The SMILES string of the molecule is CC[C@H](N)C(=O)N[C@H](/C=C/C(=O)Nc1ccc(OC)cc1)CCc1ccccc1. The van der Waals surface area contributed by atoms with Gasteiger partial charge in [0.1, 0.15) is 5.75 Å². The monoisotopic (exact) mass is 395 g/mol. The predicted octanol–water partition coefficient (Wildman–Crippen LogP) is 3.04. The van der Waals surface area contributed by atoms with Gasteiger partial charge in [-0.25, -0.2) is 0 Å². The summed E-state index contributed by atoms with van der Waals surface area (Å²) >= 11 is 0. The Morgan fingerprint density at radius 2 is 1.79 bits per heavy atom. The summed E-state index contributed by atoms with van der Waals surface area (Å²) in [6, 6.07) is 16.2. The zero-order chi connectivity index (χ0) is 21.1. The second kappa shape index (κ2) is 11.7. The van der Waals surface area contributed by atoms with Gasteiger partial charge in [-0.1, -0.05) is 43.3 Å². The topological polar surface area (TPSA) is 93.5 Å². The molecule has 0 aromatic heterocycles. The van der Waals surface area contributed by atoms with E-state index in [4.69, 9.17) is 10.5 Å². The van der Waals surface area contributed by atoms with Crippen LogP contribution < -0.4 is 21.1 Å². The van der Waals surface area contributed by atoms with E-state index < -0.39 is 6.04 Å². The van der Waals surface area contributed by atoms with E-state index in [0.717, 1.165) is 12.2 Å². The van der Waals surface area contributed by atoms with Crippen LogP contribution in [0.5, 0.6) is 5.75 Å². The van der Waals surface area contributed by atoms with Gasteiger partial charge in [0.2, 0.25) is 11.8 Å². The number of rotatable bonds is 10. The lowest BCUT2D eigenvalue weighted by molar-refractivity contribution is -0.123. The smallest absolute Gasteiger partial charge is 0.248 e. The van der Waals surface area contributed by atoms with E-state index in [1.165, 1.54) is 11.6 Å². The van der Waals surface area contributed by atoms with Crippen molar-refractivity contribution in [2.45, 2.75) is 38.3 Å². The number of aryl methyl sites for hydroxylation is 1. The van der Waals surface area contributed by atoms with Gasteiger partial charge >= 0.3 is 0 Å². The van der Waals surface area contributed by atoms with Crippen LogP contribution in [0.2, 0.25) is 0 Å². The summed E-state index contributed by atoms with van der Waals surface area (Å²) in [6.07, 6.45) is 5.15. The van der Waals surface area contributed by atoms with Gasteiger partial charge < -0.3 is 21.1 Å². The maximum Gasteiger partial charge on any atom is 0.248 e. The zero-order valence-electron chi connectivity index (χ0n) is 16.9. The molecule has 154 valence electrons. The Hall–Kier alpha value is -3.12. The third kappa shape index (κ3) is 7.79. The summed E-state index contributed by atoms with van der Waals surface area (Å²) in [5.41, 5.74) is 7.66. The number of benzene rings is 2. The van der Waals surface area contributed by atoms with Gasteiger partial charge in [-0.05, 0) is 49.1 Å². The minimum absolute atomic E-state index is 0.217. The van der Waals surface area contributed by atoms with Crippen molar-refractivity contribution in [1.29, 1.82) is 0 Å². The van der Waals surface area contributed by atoms with Crippen LogP contribution in [-0.2, 0) is 16.0 Å². The molecule has 0 aliphatic carbocycles. The fourth-order valence-corrected chi connectivity index (χ4v) is 2.72. The van der Waals surface area contributed by atoms with E-state index in [2.05, 4.69) is 10.6 Å². The highest BCUT2D eigenvalue weighted by Crippen LogP contribution is 2.15. The third-order valence-electron chi connectivity index (χ3n) is 4.53. The number of carbonyl (C=O) groups excluding carboxylic acids is 2. The van der Waals surface area contributed by atoms with Crippen LogP contribution in [0.1, 0.15) is 25.3 Å². The van der Waals surface area contributed by atoms with Crippen molar-refractivity contribution in [3.63, 3.8) is 0 Å². The Kier molecular flexibility index (Phi) is 8.92. The molecule has 0 aliphatic heterocycles. The van der Waals surface area contributed by atoms with Crippen LogP contribution >= 0.6 is 0 Å². The molecular weight excluding hydrogens is 366 g/mol.